The Labute approximate surface area is 220 Å². The second kappa shape index (κ2) is 12.1. The minimum absolute atomic E-state index is 0.0180. The molecule has 0 saturated heterocycles. The van der Waals surface area contributed by atoms with Crippen molar-refractivity contribution in [3.63, 3.8) is 0 Å². The maximum absolute atomic E-state index is 12.4. The van der Waals surface area contributed by atoms with Gasteiger partial charge in [-0.3, -0.25) is 9.48 Å². The molecule has 1 saturated carbocycles. The van der Waals surface area contributed by atoms with Crippen LogP contribution in [0, 0.1) is 5.92 Å². The molecule has 1 amide bonds. The molecule has 1 aliphatic rings. The van der Waals surface area contributed by atoms with Crippen LogP contribution in [0.2, 0.25) is 0 Å². The molecule has 0 unspecified atom stereocenters. The summed E-state index contributed by atoms with van der Waals surface area (Å²) in [6.45, 7) is 5.08. The summed E-state index contributed by atoms with van der Waals surface area (Å²) in [5.74, 6) is 0.560. The van der Waals surface area contributed by atoms with Gasteiger partial charge in [0.25, 0.3) is 0 Å². The average Bonchev–Trinajstić information content (AvgIpc) is 3.69. The van der Waals surface area contributed by atoms with Gasteiger partial charge < -0.3 is 20.1 Å². The zero-order chi connectivity index (χ0) is 26.3. The van der Waals surface area contributed by atoms with Crippen LogP contribution in [0.4, 0.5) is 5.95 Å². The van der Waals surface area contributed by atoms with Crippen LogP contribution in [0.3, 0.4) is 0 Å². The van der Waals surface area contributed by atoms with Crippen LogP contribution in [0.25, 0.3) is 28.0 Å². The van der Waals surface area contributed by atoms with E-state index in [0.717, 1.165) is 42.6 Å². The summed E-state index contributed by atoms with van der Waals surface area (Å²) in [5.41, 5.74) is 4.16. The molecule has 0 radical (unpaired) electrons. The Balaban J connectivity index is 1.25. The summed E-state index contributed by atoms with van der Waals surface area (Å²) in [4.78, 5) is 21.5. The van der Waals surface area contributed by atoms with Gasteiger partial charge in [-0.05, 0) is 43.9 Å². The molecule has 38 heavy (non-hydrogen) atoms. The minimum atomic E-state index is -0.0180. The monoisotopic (exact) mass is 519 g/mol. The summed E-state index contributed by atoms with van der Waals surface area (Å²) in [7, 11) is 1.62. The number of ether oxygens (including phenoxy) is 2. The van der Waals surface area contributed by atoms with Gasteiger partial charge in [0.15, 0.2) is 11.2 Å². The SMILES string of the molecule is CCOCCn1cc(-c2ccc(-n3nnc4cnc(N[C@@H]5CC[C@@H](C(=O)NCCOC)C5)nc43)cc2)cn1. The highest BCUT2D eigenvalue weighted by Gasteiger charge is 2.30. The van der Waals surface area contributed by atoms with Gasteiger partial charge in [0.05, 0.1) is 37.8 Å². The lowest BCUT2D eigenvalue weighted by molar-refractivity contribution is -0.125. The number of benzene rings is 1. The van der Waals surface area contributed by atoms with E-state index >= 15 is 0 Å². The number of carbonyl (C=O) groups is 1. The number of anilines is 1. The molecule has 1 fully saturated rings. The van der Waals surface area contributed by atoms with Crippen molar-refractivity contribution in [2.75, 3.05) is 38.8 Å². The van der Waals surface area contributed by atoms with Gasteiger partial charge >= 0.3 is 0 Å². The number of aromatic nitrogens is 7. The molecule has 2 atom stereocenters. The highest BCUT2D eigenvalue weighted by atomic mass is 16.5. The predicted octanol–water partition coefficient (Wildman–Crippen LogP) is 2.45. The fraction of sp³-hybridized carbons (Fsp3) is 0.462. The summed E-state index contributed by atoms with van der Waals surface area (Å²) in [5, 5.41) is 19.3. The van der Waals surface area contributed by atoms with Crippen LogP contribution in [-0.2, 0) is 20.8 Å². The molecule has 3 aromatic heterocycles. The molecule has 0 aliphatic heterocycles. The standard InChI is InChI=1S/C26H33N9O3/c1-3-38-13-11-34-17-20(15-29-34)18-5-8-22(9-6-18)35-24-23(32-33-35)16-28-26(31-24)30-21-7-4-19(14-21)25(36)27-10-12-37-2/h5-6,8-9,15-17,19,21H,3-4,7,10-14H2,1-2H3,(H,27,36)(H,28,30,31)/t19-,21-/m1/s1. The second-order valence-corrected chi connectivity index (χ2v) is 9.27. The zero-order valence-corrected chi connectivity index (χ0v) is 21.7. The van der Waals surface area contributed by atoms with Crippen LogP contribution in [-0.4, -0.2) is 80.2 Å². The molecule has 200 valence electrons. The smallest absolute Gasteiger partial charge is 0.225 e. The van der Waals surface area contributed by atoms with E-state index in [0.29, 0.717) is 43.5 Å². The third-order valence-electron chi connectivity index (χ3n) is 6.68. The summed E-state index contributed by atoms with van der Waals surface area (Å²) >= 11 is 0. The Kier molecular flexibility index (Phi) is 8.19. The van der Waals surface area contributed by atoms with E-state index in [4.69, 9.17) is 14.5 Å². The first-order valence-electron chi connectivity index (χ1n) is 13.0. The van der Waals surface area contributed by atoms with Gasteiger partial charge in [-0.15, -0.1) is 5.10 Å². The highest BCUT2D eigenvalue weighted by molar-refractivity contribution is 5.79. The van der Waals surface area contributed by atoms with E-state index < -0.39 is 0 Å². The maximum Gasteiger partial charge on any atom is 0.225 e. The van der Waals surface area contributed by atoms with Gasteiger partial charge in [0.1, 0.15) is 0 Å². The largest absolute Gasteiger partial charge is 0.383 e. The number of hydrogen-bond donors (Lipinski definition) is 2. The Morgan fingerprint density at radius 2 is 2.00 bits per heavy atom. The Morgan fingerprint density at radius 1 is 1.13 bits per heavy atom. The molecule has 12 nitrogen and oxygen atoms in total. The van der Waals surface area contributed by atoms with E-state index in [1.165, 1.54) is 0 Å². The van der Waals surface area contributed by atoms with Crippen LogP contribution in [0.5, 0.6) is 0 Å². The van der Waals surface area contributed by atoms with Crippen LogP contribution >= 0.6 is 0 Å². The predicted molar refractivity (Wildman–Crippen MR) is 142 cm³/mol. The second-order valence-electron chi connectivity index (χ2n) is 9.27. The van der Waals surface area contributed by atoms with Gasteiger partial charge in [-0.2, -0.15) is 14.8 Å². The van der Waals surface area contributed by atoms with Crippen molar-refractivity contribution in [1.82, 2.24) is 40.1 Å². The van der Waals surface area contributed by atoms with Crippen molar-refractivity contribution in [2.45, 2.75) is 38.8 Å². The molecule has 0 bridgehead atoms. The van der Waals surface area contributed by atoms with Crippen molar-refractivity contribution >= 4 is 23.0 Å². The number of hydrogen-bond acceptors (Lipinski definition) is 9. The fourth-order valence-corrected chi connectivity index (χ4v) is 4.66. The lowest BCUT2D eigenvalue weighted by Crippen LogP contribution is -2.32. The Bertz CT molecular complexity index is 1350. The highest BCUT2D eigenvalue weighted by Crippen LogP contribution is 2.28. The molecular formula is C26H33N9O3. The van der Waals surface area contributed by atoms with Crippen molar-refractivity contribution in [2.24, 2.45) is 5.92 Å². The topological polar surface area (TPSA) is 134 Å². The number of methoxy groups -OCH3 is 1. The van der Waals surface area contributed by atoms with E-state index in [9.17, 15) is 4.79 Å². The third-order valence-corrected chi connectivity index (χ3v) is 6.68. The summed E-state index contributed by atoms with van der Waals surface area (Å²) < 4.78 is 14.0. The quantitative estimate of drug-likeness (QED) is 0.271. The minimum Gasteiger partial charge on any atom is -0.383 e. The van der Waals surface area contributed by atoms with E-state index in [1.54, 1.807) is 18.0 Å². The first-order valence-corrected chi connectivity index (χ1v) is 13.0. The first-order chi connectivity index (χ1) is 18.6. The molecule has 1 aliphatic carbocycles. The van der Waals surface area contributed by atoms with E-state index in [2.05, 4.69) is 31.0 Å². The number of nitrogens with zero attached hydrogens (tertiary/aromatic N) is 7. The van der Waals surface area contributed by atoms with Gasteiger partial charge in [-0.25, -0.2) is 4.98 Å². The Hall–Kier alpha value is -3.90. The molecule has 2 N–H and O–H groups in total. The molecule has 1 aromatic carbocycles. The van der Waals surface area contributed by atoms with Crippen LogP contribution in [0.1, 0.15) is 26.2 Å². The molecule has 12 heteroatoms. The molecule has 4 aromatic rings. The van der Waals surface area contributed by atoms with Crippen molar-refractivity contribution in [3.8, 4) is 16.8 Å². The van der Waals surface area contributed by atoms with Crippen LogP contribution < -0.4 is 10.6 Å². The van der Waals surface area contributed by atoms with Gasteiger partial charge in [0.2, 0.25) is 11.9 Å². The number of nitrogens with one attached hydrogen (secondary N) is 2. The van der Waals surface area contributed by atoms with E-state index in [1.807, 2.05) is 48.3 Å². The van der Waals surface area contributed by atoms with Crippen LogP contribution in [0.15, 0.2) is 42.9 Å². The summed E-state index contributed by atoms with van der Waals surface area (Å²) in [6, 6.07) is 8.16. The fourth-order valence-electron chi connectivity index (χ4n) is 4.66. The molecule has 5 rings (SSSR count). The van der Waals surface area contributed by atoms with Crippen molar-refractivity contribution in [1.29, 1.82) is 0 Å². The summed E-state index contributed by atoms with van der Waals surface area (Å²) in [6.07, 6.45) is 7.99. The molecular weight excluding hydrogens is 486 g/mol. The molecule has 3 heterocycles. The first kappa shape index (κ1) is 25.7. The van der Waals surface area contributed by atoms with Crippen molar-refractivity contribution < 1.29 is 14.3 Å². The zero-order valence-electron chi connectivity index (χ0n) is 21.7. The van der Waals surface area contributed by atoms with Gasteiger partial charge in [0, 0.05) is 44.0 Å². The maximum atomic E-state index is 12.4. The number of fused-ring (bicyclic) bond motifs is 1. The van der Waals surface area contributed by atoms with E-state index in [-0.39, 0.29) is 17.9 Å². The average molecular weight is 520 g/mol. The lowest BCUT2D eigenvalue weighted by atomic mass is 10.1. The lowest BCUT2D eigenvalue weighted by Gasteiger charge is -2.13. The van der Waals surface area contributed by atoms with Crippen molar-refractivity contribution in [3.05, 3.63) is 42.9 Å². The third kappa shape index (κ3) is 5.97. The normalized spacial score (nSPS) is 17.2. The molecule has 0 spiro atoms. The number of carbonyl (C=O) groups excluding carboxylic acids is 1. The number of amides is 1. The van der Waals surface area contributed by atoms with Gasteiger partial charge in [-0.1, -0.05) is 17.3 Å². The Morgan fingerprint density at radius 3 is 2.82 bits per heavy atom. The number of rotatable bonds is 12.